The number of aliphatic carboxylic acids is 1. The van der Waals surface area contributed by atoms with E-state index < -0.39 is 23.9 Å². The number of thioether (sulfide) groups is 1. The highest BCUT2D eigenvalue weighted by molar-refractivity contribution is 7.98. The molecule has 0 aliphatic rings. The highest BCUT2D eigenvalue weighted by atomic mass is 32.2. The van der Waals surface area contributed by atoms with E-state index in [0.717, 1.165) is 27.2 Å². The fourth-order valence-corrected chi connectivity index (χ4v) is 4.90. The summed E-state index contributed by atoms with van der Waals surface area (Å²) in [7, 11) is 0. The van der Waals surface area contributed by atoms with Crippen LogP contribution in [0.3, 0.4) is 0 Å². The number of carbonyl (C=O) groups is 3. The second kappa shape index (κ2) is 13.3. The Morgan fingerprint density at radius 3 is 1.95 bits per heavy atom. The van der Waals surface area contributed by atoms with Gasteiger partial charge in [0.1, 0.15) is 6.04 Å². The number of imide groups is 1. The normalized spacial score (nSPS) is 11.4. The van der Waals surface area contributed by atoms with E-state index in [-0.39, 0.29) is 12.3 Å². The van der Waals surface area contributed by atoms with Gasteiger partial charge < -0.3 is 10.4 Å². The van der Waals surface area contributed by atoms with Gasteiger partial charge in [-0.3, -0.25) is 9.69 Å². The number of carboxylic acid groups (broad SMARTS) is 1. The SMILES string of the molecule is O=C(O)[C@H](CSCc1ccccc1)NC(=O)N(Cc1ccccc1)C(=O)c1cccc(-c2ccccc2)c1. The van der Waals surface area contributed by atoms with Gasteiger partial charge in [0.15, 0.2) is 0 Å². The standard InChI is InChI=1S/C31H28N2O4S/c34-29(27-18-10-17-26(19-27)25-15-8-3-9-16-25)33(20-23-11-4-1-5-12-23)31(37)32-28(30(35)36)22-38-21-24-13-6-2-7-14-24/h1-19,28H,20-22H2,(H,32,37)(H,35,36)/t28-/m0/s1. The zero-order valence-corrected chi connectivity index (χ0v) is 21.5. The van der Waals surface area contributed by atoms with E-state index in [1.807, 2.05) is 97.1 Å². The van der Waals surface area contributed by atoms with Crippen molar-refractivity contribution in [2.24, 2.45) is 0 Å². The molecule has 0 bridgehead atoms. The van der Waals surface area contributed by atoms with Crippen LogP contribution < -0.4 is 5.32 Å². The van der Waals surface area contributed by atoms with E-state index in [9.17, 15) is 19.5 Å². The van der Waals surface area contributed by atoms with Crippen molar-refractivity contribution >= 4 is 29.7 Å². The van der Waals surface area contributed by atoms with Crippen LogP contribution in [0.25, 0.3) is 11.1 Å². The third-order valence-corrected chi connectivity index (χ3v) is 6.99. The van der Waals surface area contributed by atoms with Crippen molar-refractivity contribution in [2.45, 2.75) is 18.3 Å². The maximum absolute atomic E-state index is 13.6. The summed E-state index contributed by atoms with van der Waals surface area (Å²) < 4.78 is 0. The summed E-state index contributed by atoms with van der Waals surface area (Å²) in [4.78, 5) is 40.1. The van der Waals surface area contributed by atoms with Gasteiger partial charge in [-0.1, -0.05) is 103 Å². The molecule has 0 saturated heterocycles. The monoisotopic (exact) mass is 524 g/mol. The van der Waals surface area contributed by atoms with Crippen LogP contribution in [0.4, 0.5) is 4.79 Å². The summed E-state index contributed by atoms with van der Waals surface area (Å²) in [5.74, 6) is -0.894. The minimum atomic E-state index is -1.16. The molecule has 192 valence electrons. The number of hydrogen-bond donors (Lipinski definition) is 2. The third kappa shape index (κ3) is 7.33. The molecule has 0 aliphatic heterocycles. The van der Waals surface area contributed by atoms with Gasteiger partial charge in [-0.15, -0.1) is 0 Å². The van der Waals surface area contributed by atoms with Crippen molar-refractivity contribution in [1.29, 1.82) is 0 Å². The number of nitrogens with one attached hydrogen (secondary N) is 1. The lowest BCUT2D eigenvalue weighted by atomic mass is 10.0. The Kier molecular flexibility index (Phi) is 9.32. The Morgan fingerprint density at radius 1 is 0.737 bits per heavy atom. The van der Waals surface area contributed by atoms with Crippen molar-refractivity contribution in [1.82, 2.24) is 10.2 Å². The van der Waals surface area contributed by atoms with Crippen LogP contribution >= 0.6 is 11.8 Å². The topological polar surface area (TPSA) is 86.7 Å². The zero-order valence-electron chi connectivity index (χ0n) is 20.7. The summed E-state index contributed by atoms with van der Waals surface area (Å²) in [6.07, 6.45) is 0. The first kappa shape index (κ1) is 26.7. The molecule has 0 aliphatic carbocycles. The van der Waals surface area contributed by atoms with Crippen LogP contribution in [-0.2, 0) is 17.1 Å². The van der Waals surface area contributed by atoms with Gasteiger partial charge in [0.25, 0.3) is 5.91 Å². The van der Waals surface area contributed by atoms with Gasteiger partial charge in [0.2, 0.25) is 0 Å². The molecule has 38 heavy (non-hydrogen) atoms. The molecule has 0 unspecified atom stereocenters. The van der Waals surface area contributed by atoms with E-state index in [1.54, 1.807) is 18.2 Å². The van der Waals surface area contributed by atoms with Crippen molar-refractivity contribution < 1.29 is 19.5 Å². The minimum absolute atomic E-state index is 0.00453. The van der Waals surface area contributed by atoms with E-state index in [0.29, 0.717) is 11.3 Å². The Bertz CT molecular complexity index is 1360. The Labute approximate surface area is 226 Å². The van der Waals surface area contributed by atoms with Crippen LogP contribution in [0.5, 0.6) is 0 Å². The lowest BCUT2D eigenvalue weighted by molar-refractivity contribution is -0.138. The van der Waals surface area contributed by atoms with E-state index >= 15 is 0 Å². The molecule has 4 rings (SSSR count). The van der Waals surface area contributed by atoms with Crippen molar-refractivity contribution in [2.75, 3.05) is 5.75 Å². The summed E-state index contributed by atoms with van der Waals surface area (Å²) in [6, 6.07) is 33.6. The smallest absolute Gasteiger partial charge is 0.327 e. The zero-order chi connectivity index (χ0) is 26.7. The molecule has 6 nitrogen and oxygen atoms in total. The summed E-state index contributed by atoms with van der Waals surface area (Å²) >= 11 is 1.41. The maximum atomic E-state index is 13.6. The fraction of sp³-hybridized carbons (Fsp3) is 0.129. The molecular weight excluding hydrogens is 496 g/mol. The second-order valence-corrected chi connectivity index (χ2v) is 9.70. The Morgan fingerprint density at radius 2 is 1.32 bits per heavy atom. The molecule has 0 radical (unpaired) electrons. The average molecular weight is 525 g/mol. The molecule has 4 aromatic carbocycles. The van der Waals surface area contributed by atoms with Gasteiger partial charge in [0, 0.05) is 17.1 Å². The first-order valence-corrected chi connectivity index (χ1v) is 13.3. The number of urea groups is 1. The molecule has 0 aromatic heterocycles. The van der Waals surface area contributed by atoms with Gasteiger partial charge in [-0.25, -0.2) is 9.59 Å². The molecule has 0 saturated carbocycles. The first-order valence-electron chi connectivity index (χ1n) is 12.2. The molecule has 1 atom stereocenters. The van der Waals surface area contributed by atoms with Crippen LogP contribution in [0.2, 0.25) is 0 Å². The molecule has 7 heteroatoms. The van der Waals surface area contributed by atoms with E-state index in [4.69, 9.17) is 0 Å². The number of rotatable bonds is 10. The van der Waals surface area contributed by atoms with Crippen LogP contribution in [-0.4, -0.2) is 39.7 Å². The highest BCUT2D eigenvalue weighted by Crippen LogP contribution is 2.22. The number of hydrogen-bond acceptors (Lipinski definition) is 4. The van der Waals surface area contributed by atoms with Gasteiger partial charge in [-0.05, 0) is 34.4 Å². The van der Waals surface area contributed by atoms with Gasteiger partial charge >= 0.3 is 12.0 Å². The van der Waals surface area contributed by atoms with Crippen LogP contribution in [0.1, 0.15) is 21.5 Å². The second-order valence-electron chi connectivity index (χ2n) is 8.66. The number of nitrogens with zero attached hydrogens (tertiary/aromatic N) is 1. The van der Waals surface area contributed by atoms with Crippen molar-refractivity contribution in [3.63, 3.8) is 0 Å². The molecule has 0 heterocycles. The molecule has 3 amide bonds. The van der Waals surface area contributed by atoms with Gasteiger partial charge in [-0.2, -0.15) is 11.8 Å². The Hall–Kier alpha value is -4.36. The number of carbonyl (C=O) groups excluding carboxylic acids is 2. The molecule has 2 N–H and O–H groups in total. The van der Waals surface area contributed by atoms with Crippen molar-refractivity contribution in [3.8, 4) is 11.1 Å². The summed E-state index contributed by atoms with van der Waals surface area (Å²) in [5.41, 5.74) is 3.94. The maximum Gasteiger partial charge on any atom is 0.327 e. The summed E-state index contributed by atoms with van der Waals surface area (Å²) in [5, 5.41) is 12.3. The quantitative estimate of drug-likeness (QED) is 0.262. The predicted molar refractivity (Wildman–Crippen MR) is 151 cm³/mol. The van der Waals surface area contributed by atoms with Gasteiger partial charge in [0.05, 0.1) is 6.54 Å². The number of amides is 3. The Balaban J connectivity index is 1.53. The van der Waals surface area contributed by atoms with E-state index in [1.165, 1.54) is 11.8 Å². The molecule has 0 fully saturated rings. The largest absolute Gasteiger partial charge is 0.480 e. The molecular formula is C31H28N2O4S. The average Bonchev–Trinajstić information content (AvgIpc) is 2.96. The highest BCUT2D eigenvalue weighted by Gasteiger charge is 2.28. The minimum Gasteiger partial charge on any atom is -0.480 e. The lowest BCUT2D eigenvalue weighted by Gasteiger charge is -2.24. The molecule has 0 spiro atoms. The van der Waals surface area contributed by atoms with Crippen LogP contribution in [0.15, 0.2) is 115 Å². The van der Waals surface area contributed by atoms with E-state index in [2.05, 4.69) is 5.32 Å². The first-order chi connectivity index (χ1) is 18.5. The lowest BCUT2D eigenvalue weighted by Crippen LogP contribution is -2.50. The predicted octanol–water partition coefficient (Wildman–Crippen LogP) is 6.09. The number of carboxylic acids is 1. The summed E-state index contributed by atoms with van der Waals surface area (Å²) in [6.45, 7) is 0.00453. The van der Waals surface area contributed by atoms with Crippen molar-refractivity contribution in [3.05, 3.63) is 132 Å². The third-order valence-electron chi connectivity index (χ3n) is 5.88. The number of benzene rings is 4. The van der Waals surface area contributed by atoms with Crippen LogP contribution in [0, 0.1) is 0 Å². The molecule has 4 aromatic rings. The fourth-order valence-electron chi connectivity index (χ4n) is 3.89.